The van der Waals surface area contributed by atoms with Crippen LogP contribution in [0.5, 0.6) is 0 Å². The lowest BCUT2D eigenvalue weighted by molar-refractivity contribution is 0.625. The Balaban J connectivity index is 1.35. The number of rotatable bonds is 4. The summed E-state index contributed by atoms with van der Waals surface area (Å²) >= 11 is 0. The molecule has 0 aliphatic carbocycles. The average Bonchev–Trinajstić information content (AvgIpc) is 3.22. The summed E-state index contributed by atoms with van der Waals surface area (Å²) in [5, 5.41) is 4.55. The number of para-hydroxylation sites is 1. The van der Waals surface area contributed by atoms with Gasteiger partial charge >= 0.3 is 0 Å². The van der Waals surface area contributed by atoms with Crippen molar-refractivity contribution < 1.29 is 4.39 Å². The van der Waals surface area contributed by atoms with Crippen molar-refractivity contribution in [3.05, 3.63) is 84.6 Å². The summed E-state index contributed by atoms with van der Waals surface area (Å²) in [7, 11) is 0. The summed E-state index contributed by atoms with van der Waals surface area (Å²) in [4.78, 5) is 13.9. The van der Waals surface area contributed by atoms with Crippen LogP contribution < -0.4 is 9.80 Å². The van der Waals surface area contributed by atoms with Gasteiger partial charge in [0.2, 0.25) is 5.95 Å². The second-order valence-corrected chi connectivity index (χ2v) is 7.60. The van der Waals surface area contributed by atoms with Crippen molar-refractivity contribution in [3.63, 3.8) is 0 Å². The van der Waals surface area contributed by atoms with Gasteiger partial charge in [-0.2, -0.15) is 5.10 Å². The van der Waals surface area contributed by atoms with Gasteiger partial charge in [0.25, 0.3) is 0 Å². The number of piperazine rings is 1. The van der Waals surface area contributed by atoms with Crippen LogP contribution in [0.2, 0.25) is 0 Å². The number of benzene rings is 2. The van der Waals surface area contributed by atoms with Gasteiger partial charge in [-0.3, -0.25) is 0 Å². The summed E-state index contributed by atoms with van der Waals surface area (Å²) in [6, 6.07) is 18.8. The van der Waals surface area contributed by atoms with Crippen molar-refractivity contribution in [1.82, 2.24) is 19.7 Å². The molecule has 0 atom stereocenters. The smallest absolute Gasteiger partial charge is 0.225 e. The molecule has 0 radical (unpaired) electrons. The summed E-state index contributed by atoms with van der Waals surface area (Å²) in [6.45, 7) is 5.51. The molecule has 31 heavy (non-hydrogen) atoms. The molecule has 156 valence electrons. The van der Waals surface area contributed by atoms with Gasteiger partial charge < -0.3 is 9.80 Å². The van der Waals surface area contributed by atoms with Crippen LogP contribution in [0.4, 0.5) is 16.0 Å². The Morgan fingerprint density at radius 2 is 1.58 bits per heavy atom. The SMILES string of the molecule is Cc1nn(-c2cccc(F)c2)cc1-c1ccnc(N2CCN(c3ccccc3)CC2)n1. The van der Waals surface area contributed by atoms with Crippen LogP contribution in [0.15, 0.2) is 73.1 Å². The van der Waals surface area contributed by atoms with Crippen molar-refractivity contribution in [2.45, 2.75) is 6.92 Å². The molecule has 0 spiro atoms. The normalized spacial score (nSPS) is 14.1. The molecule has 6 nitrogen and oxygen atoms in total. The molecule has 1 aliphatic rings. The third-order valence-electron chi connectivity index (χ3n) is 5.57. The Bertz CT molecular complexity index is 1180. The average molecular weight is 414 g/mol. The second kappa shape index (κ2) is 8.18. The molecular weight excluding hydrogens is 391 g/mol. The number of halogens is 1. The number of aromatic nitrogens is 4. The first-order chi connectivity index (χ1) is 15.2. The molecule has 3 heterocycles. The van der Waals surface area contributed by atoms with E-state index in [-0.39, 0.29) is 5.82 Å². The Kier molecular flexibility index (Phi) is 5.08. The zero-order valence-electron chi connectivity index (χ0n) is 17.3. The van der Waals surface area contributed by atoms with Gasteiger partial charge in [-0.1, -0.05) is 24.3 Å². The predicted molar refractivity (Wildman–Crippen MR) is 120 cm³/mol. The highest BCUT2D eigenvalue weighted by molar-refractivity contribution is 5.63. The van der Waals surface area contributed by atoms with Crippen LogP contribution in [0.25, 0.3) is 16.9 Å². The van der Waals surface area contributed by atoms with Gasteiger partial charge in [-0.15, -0.1) is 0 Å². The monoisotopic (exact) mass is 414 g/mol. The number of aryl methyl sites for hydroxylation is 1. The topological polar surface area (TPSA) is 50.1 Å². The van der Waals surface area contributed by atoms with Crippen LogP contribution in [0, 0.1) is 12.7 Å². The summed E-state index contributed by atoms with van der Waals surface area (Å²) < 4.78 is 15.3. The molecule has 1 fully saturated rings. The van der Waals surface area contributed by atoms with Gasteiger partial charge in [-0.25, -0.2) is 19.0 Å². The molecule has 4 aromatic rings. The second-order valence-electron chi connectivity index (χ2n) is 7.60. The maximum absolute atomic E-state index is 13.6. The maximum Gasteiger partial charge on any atom is 0.225 e. The lowest BCUT2D eigenvalue weighted by Gasteiger charge is -2.36. The summed E-state index contributed by atoms with van der Waals surface area (Å²) in [6.07, 6.45) is 3.68. The lowest BCUT2D eigenvalue weighted by atomic mass is 10.2. The minimum Gasteiger partial charge on any atom is -0.368 e. The molecule has 2 aromatic heterocycles. The highest BCUT2D eigenvalue weighted by Crippen LogP contribution is 2.25. The molecular formula is C24H23FN6. The van der Waals surface area contributed by atoms with Crippen molar-refractivity contribution in [3.8, 4) is 16.9 Å². The molecule has 0 saturated carbocycles. The third kappa shape index (κ3) is 3.99. The van der Waals surface area contributed by atoms with E-state index in [2.05, 4.69) is 44.1 Å². The Hall–Kier alpha value is -3.74. The number of nitrogens with zero attached hydrogens (tertiary/aromatic N) is 6. The van der Waals surface area contributed by atoms with E-state index < -0.39 is 0 Å². The van der Waals surface area contributed by atoms with Crippen molar-refractivity contribution >= 4 is 11.6 Å². The molecule has 1 aliphatic heterocycles. The van der Waals surface area contributed by atoms with Crippen molar-refractivity contribution in [1.29, 1.82) is 0 Å². The highest BCUT2D eigenvalue weighted by atomic mass is 19.1. The van der Waals surface area contributed by atoms with E-state index in [0.29, 0.717) is 5.69 Å². The first-order valence-electron chi connectivity index (χ1n) is 10.4. The Morgan fingerprint density at radius 1 is 0.839 bits per heavy atom. The van der Waals surface area contributed by atoms with E-state index in [1.807, 2.05) is 31.3 Å². The molecule has 0 amide bonds. The minimum absolute atomic E-state index is 0.286. The van der Waals surface area contributed by atoms with Crippen LogP contribution in [0.3, 0.4) is 0 Å². The fraction of sp³-hybridized carbons (Fsp3) is 0.208. The van der Waals surface area contributed by atoms with E-state index in [9.17, 15) is 4.39 Å². The summed E-state index contributed by atoms with van der Waals surface area (Å²) in [5.41, 5.74) is 4.49. The molecule has 0 N–H and O–H groups in total. The van der Waals surface area contributed by atoms with Crippen LogP contribution in [-0.2, 0) is 0 Å². The van der Waals surface area contributed by atoms with Crippen molar-refractivity contribution in [2.24, 2.45) is 0 Å². The van der Waals surface area contributed by atoms with E-state index >= 15 is 0 Å². The molecule has 0 unspecified atom stereocenters. The molecule has 5 rings (SSSR count). The fourth-order valence-electron chi connectivity index (χ4n) is 3.92. The molecule has 7 heteroatoms. The number of hydrogen-bond acceptors (Lipinski definition) is 5. The molecule has 1 saturated heterocycles. The largest absolute Gasteiger partial charge is 0.368 e. The zero-order valence-corrected chi connectivity index (χ0v) is 17.3. The van der Waals surface area contributed by atoms with Crippen LogP contribution >= 0.6 is 0 Å². The van der Waals surface area contributed by atoms with Crippen LogP contribution in [0.1, 0.15) is 5.69 Å². The Labute approximate surface area is 180 Å². The molecule has 0 bridgehead atoms. The summed E-state index contributed by atoms with van der Waals surface area (Å²) in [5.74, 6) is 0.439. The van der Waals surface area contributed by atoms with Gasteiger partial charge in [0.05, 0.1) is 17.1 Å². The van der Waals surface area contributed by atoms with Crippen LogP contribution in [-0.4, -0.2) is 45.9 Å². The Morgan fingerprint density at radius 3 is 2.35 bits per heavy atom. The molecule has 2 aromatic carbocycles. The number of hydrogen-bond donors (Lipinski definition) is 0. The van der Waals surface area contributed by atoms with E-state index in [1.54, 1.807) is 16.9 Å². The predicted octanol–water partition coefficient (Wildman–Crippen LogP) is 4.10. The van der Waals surface area contributed by atoms with Gasteiger partial charge in [-0.05, 0) is 43.3 Å². The third-order valence-corrected chi connectivity index (χ3v) is 5.57. The zero-order chi connectivity index (χ0) is 21.2. The fourth-order valence-corrected chi connectivity index (χ4v) is 3.92. The standard InChI is InChI=1S/C24H23FN6/c1-18-22(17-31(28-18)21-9-5-6-19(25)16-21)23-10-11-26-24(27-23)30-14-12-29(13-15-30)20-7-3-2-4-8-20/h2-11,16-17H,12-15H2,1H3. The minimum atomic E-state index is -0.286. The first-order valence-corrected chi connectivity index (χ1v) is 10.4. The lowest BCUT2D eigenvalue weighted by Crippen LogP contribution is -2.47. The van der Waals surface area contributed by atoms with E-state index in [1.165, 1.54) is 17.8 Å². The van der Waals surface area contributed by atoms with Gasteiger partial charge in [0, 0.05) is 49.8 Å². The van der Waals surface area contributed by atoms with E-state index in [4.69, 9.17) is 4.98 Å². The van der Waals surface area contributed by atoms with E-state index in [0.717, 1.165) is 49.1 Å². The van der Waals surface area contributed by atoms with Crippen molar-refractivity contribution in [2.75, 3.05) is 36.0 Å². The highest BCUT2D eigenvalue weighted by Gasteiger charge is 2.20. The maximum atomic E-state index is 13.6. The first kappa shape index (κ1) is 19.2. The van der Waals surface area contributed by atoms with Gasteiger partial charge in [0.15, 0.2) is 0 Å². The quantitative estimate of drug-likeness (QED) is 0.503. The van der Waals surface area contributed by atoms with Gasteiger partial charge in [0.1, 0.15) is 5.82 Å². The number of anilines is 2.